The summed E-state index contributed by atoms with van der Waals surface area (Å²) >= 11 is 0. The summed E-state index contributed by atoms with van der Waals surface area (Å²) in [4.78, 5) is 31.1. The fourth-order valence-electron chi connectivity index (χ4n) is 4.60. The van der Waals surface area contributed by atoms with Gasteiger partial charge in [-0.1, -0.05) is 0 Å². The van der Waals surface area contributed by atoms with Gasteiger partial charge in [-0.25, -0.2) is 23.9 Å². The van der Waals surface area contributed by atoms with Crippen LogP contribution in [0.2, 0.25) is 0 Å². The highest BCUT2D eigenvalue weighted by Gasteiger charge is 2.49. The number of rotatable bonds is 6. The number of hydrogen-bond donors (Lipinski definition) is 2. The van der Waals surface area contributed by atoms with E-state index < -0.39 is 24.3 Å². The van der Waals surface area contributed by atoms with E-state index in [2.05, 4.69) is 26.7 Å². The molecule has 1 unspecified atom stereocenters. The Kier molecular flexibility index (Phi) is 11.3. The van der Waals surface area contributed by atoms with Gasteiger partial charge in [0.25, 0.3) is 0 Å². The minimum Gasteiger partial charge on any atom is -0.475 e. The molecule has 0 aromatic carbocycles. The van der Waals surface area contributed by atoms with Gasteiger partial charge >= 0.3 is 24.3 Å². The van der Waals surface area contributed by atoms with Gasteiger partial charge in [0.1, 0.15) is 0 Å². The molecule has 4 rings (SSSR count). The summed E-state index contributed by atoms with van der Waals surface area (Å²) in [5.74, 6) is -4.33. The topological polar surface area (TPSA) is 116 Å². The standard InChI is InChI=1S/C19H29FN4O.2C2HF3O2/c1-2-25-14-17-5-6-19(24(17)13-15-3-4-15)7-9-23(10-8-19)18-21-11-16(20)12-22-18;2*3-2(4,5)1(6)7/h11-12,15,17H,2-10,13-14H2,1H3;2*(H,6,7). The Morgan fingerprint density at radius 1 is 0.974 bits per heavy atom. The first-order valence-electron chi connectivity index (χ1n) is 12.3. The zero-order valence-electron chi connectivity index (χ0n) is 21.1. The van der Waals surface area contributed by atoms with Crippen LogP contribution in [-0.4, -0.2) is 93.8 Å². The predicted molar refractivity (Wildman–Crippen MR) is 122 cm³/mol. The van der Waals surface area contributed by atoms with Crippen molar-refractivity contribution in [3.05, 3.63) is 18.2 Å². The third kappa shape index (κ3) is 10.1. The smallest absolute Gasteiger partial charge is 0.475 e. The molecule has 1 atom stereocenters. The zero-order chi connectivity index (χ0) is 29.4. The maximum absolute atomic E-state index is 13.1. The van der Waals surface area contributed by atoms with Gasteiger partial charge in [-0.2, -0.15) is 26.3 Å². The van der Waals surface area contributed by atoms with Gasteiger partial charge in [-0.15, -0.1) is 0 Å². The molecule has 3 fully saturated rings. The van der Waals surface area contributed by atoms with Crippen LogP contribution in [0.25, 0.3) is 0 Å². The van der Waals surface area contributed by atoms with Crippen LogP contribution in [-0.2, 0) is 14.3 Å². The average Bonchev–Trinajstić information content (AvgIpc) is 3.62. The van der Waals surface area contributed by atoms with E-state index in [0.29, 0.717) is 17.5 Å². The van der Waals surface area contributed by atoms with E-state index in [-0.39, 0.29) is 5.82 Å². The van der Waals surface area contributed by atoms with Crippen molar-refractivity contribution >= 4 is 17.9 Å². The molecule has 9 nitrogen and oxygen atoms in total. The normalized spacial score (nSPS) is 21.0. The van der Waals surface area contributed by atoms with E-state index >= 15 is 0 Å². The number of carboxylic acids is 2. The van der Waals surface area contributed by atoms with Crippen molar-refractivity contribution in [3.63, 3.8) is 0 Å². The molecule has 2 saturated heterocycles. The Bertz CT molecular complexity index is 910. The van der Waals surface area contributed by atoms with Crippen LogP contribution in [0.4, 0.5) is 36.7 Å². The summed E-state index contributed by atoms with van der Waals surface area (Å²) in [6.07, 6.45) is -0.0476. The second kappa shape index (κ2) is 13.5. The Labute approximate surface area is 220 Å². The van der Waals surface area contributed by atoms with Gasteiger partial charge in [0.05, 0.1) is 19.0 Å². The first-order chi connectivity index (χ1) is 18.1. The molecular weight excluding hydrogens is 545 g/mol. The summed E-state index contributed by atoms with van der Waals surface area (Å²) in [5.41, 5.74) is 0.320. The van der Waals surface area contributed by atoms with Gasteiger partial charge in [0, 0.05) is 37.8 Å². The van der Waals surface area contributed by atoms with Crippen molar-refractivity contribution in [2.24, 2.45) is 5.92 Å². The number of carboxylic acid groups (broad SMARTS) is 2. The molecule has 0 radical (unpaired) electrons. The molecule has 0 bridgehead atoms. The number of hydrogen-bond acceptors (Lipinski definition) is 7. The third-order valence-corrected chi connectivity index (χ3v) is 6.73. The molecule has 1 aromatic heterocycles. The Balaban J connectivity index is 0.000000317. The Morgan fingerprint density at radius 2 is 1.46 bits per heavy atom. The predicted octanol–water partition coefficient (Wildman–Crippen LogP) is 4.13. The fourth-order valence-corrected chi connectivity index (χ4v) is 4.60. The molecule has 1 spiro atoms. The average molecular weight is 577 g/mol. The molecule has 1 aliphatic carbocycles. The summed E-state index contributed by atoms with van der Waals surface area (Å²) in [5, 5.41) is 14.2. The van der Waals surface area contributed by atoms with Gasteiger partial charge in [0.15, 0.2) is 5.82 Å². The van der Waals surface area contributed by atoms with Gasteiger partial charge in [-0.05, 0) is 51.4 Å². The summed E-state index contributed by atoms with van der Waals surface area (Å²) in [6.45, 7) is 6.90. The number of anilines is 1. The molecule has 222 valence electrons. The third-order valence-electron chi connectivity index (χ3n) is 6.73. The van der Waals surface area contributed by atoms with Crippen LogP contribution in [0.5, 0.6) is 0 Å². The molecule has 1 saturated carbocycles. The first-order valence-corrected chi connectivity index (χ1v) is 12.3. The summed E-state index contributed by atoms with van der Waals surface area (Å²) < 4.78 is 82.3. The van der Waals surface area contributed by atoms with Gasteiger partial charge in [-0.3, -0.25) is 4.90 Å². The summed E-state index contributed by atoms with van der Waals surface area (Å²) in [7, 11) is 0. The largest absolute Gasteiger partial charge is 0.490 e. The van der Waals surface area contributed by atoms with Crippen molar-refractivity contribution in [2.75, 3.05) is 37.7 Å². The zero-order valence-corrected chi connectivity index (χ0v) is 21.1. The van der Waals surface area contributed by atoms with Crippen molar-refractivity contribution in [2.45, 2.75) is 69.4 Å². The van der Waals surface area contributed by atoms with Crippen LogP contribution in [0.1, 0.15) is 45.4 Å². The van der Waals surface area contributed by atoms with E-state index in [1.165, 1.54) is 44.6 Å². The highest BCUT2D eigenvalue weighted by molar-refractivity contribution is 5.73. The van der Waals surface area contributed by atoms with Gasteiger partial charge < -0.3 is 19.8 Å². The van der Waals surface area contributed by atoms with Gasteiger partial charge in [0.2, 0.25) is 5.95 Å². The van der Waals surface area contributed by atoms with E-state index in [1.807, 2.05) is 0 Å². The summed E-state index contributed by atoms with van der Waals surface area (Å²) in [6, 6.07) is 0.578. The number of halogens is 7. The van der Waals surface area contributed by atoms with Crippen molar-refractivity contribution in [1.29, 1.82) is 0 Å². The van der Waals surface area contributed by atoms with E-state index in [1.54, 1.807) is 0 Å². The number of likely N-dealkylation sites (tertiary alicyclic amines) is 1. The molecule has 3 heterocycles. The highest BCUT2D eigenvalue weighted by Crippen LogP contribution is 2.45. The fraction of sp³-hybridized carbons (Fsp3) is 0.739. The molecule has 1 aromatic rings. The lowest BCUT2D eigenvalue weighted by molar-refractivity contribution is -0.193. The monoisotopic (exact) mass is 576 g/mol. The van der Waals surface area contributed by atoms with E-state index in [4.69, 9.17) is 24.5 Å². The lowest BCUT2D eigenvalue weighted by Gasteiger charge is -2.46. The maximum atomic E-state index is 13.1. The highest BCUT2D eigenvalue weighted by atomic mass is 19.4. The molecular formula is C23H31F7N4O5. The second-order valence-corrected chi connectivity index (χ2v) is 9.47. The Hall–Kier alpha value is -2.75. The minimum atomic E-state index is -5.08. The van der Waals surface area contributed by atoms with E-state index in [9.17, 15) is 30.7 Å². The Morgan fingerprint density at radius 3 is 1.87 bits per heavy atom. The number of carbonyl (C=O) groups is 2. The van der Waals surface area contributed by atoms with Crippen LogP contribution >= 0.6 is 0 Å². The molecule has 2 N–H and O–H groups in total. The molecule has 2 aliphatic heterocycles. The minimum absolute atomic E-state index is 0.320. The lowest BCUT2D eigenvalue weighted by Crippen LogP contribution is -2.55. The number of nitrogens with zero attached hydrogens (tertiary/aromatic N) is 4. The van der Waals surface area contributed by atoms with Crippen LogP contribution < -0.4 is 4.90 Å². The molecule has 3 aliphatic rings. The van der Waals surface area contributed by atoms with Crippen LogP contribution in [0.3, 0.4) is 0 Å². The molecule has 16 heteroatoms. The quantitative estimate of drug-likeness (QED) is 0.483. The lowest BCUT2D eigenvalue weighted by atomic mass is 9.85. The van der Waals surface area contributed by atoms with E-state index in [0.717, 1.165) is 45.1 Å². The number of ether oxygens (including phenoxy) is 1. The van der Waals surface area contributed by atoms with Crippen molar-refractivity contribution < 1.29 is 55.3 Å². The van der Waals surface area contributed by atoms with Crippen molar-refractivity contribution in [3.8, 4) is 0 Å². The van der Waals surface area contributed by atoms with Crippen LogP contribution in [0, 0.1) is 11.7 Å². The number of aromatic nitrogens is 2. The SMILES string of the molecule is CCOCC1CCC2(CCN(c3ncc(F)cn3)CC2)N1CC1CC1.O=C(O)C(F)(F)F.O=C(O)C(F)(F)F. The molecule has 39 heavy (non-hydrogen) atoms. The second-order valence-electron chi connectivity index (χ2n) is 9.47. The number of aliphatic carboxylic acids is 2. The van der Waals surface area contributed by atoms with Crippen molar-refractivity contribution in [1.82, 2.24) is 14.9 Å². The first kappa shape index (κ1) is 32.5. The number of alkyl halides is 6. The maximum Gasteiger partial charge on any atom is 0.490 e. The van der Waals surface area contributed by atoms with Crippen LogP contribution in [0.15, 0.2) is 12.4 Å². The number of piperidine rings is 1. The molecule has 0 amide bonds.